The average molecular weight is 318 g/mol. The number of fused-ring (bicyclic) bond motifs is 3. The van der Waals surface area contributed by atoms with Gasteiger partial charge >= 0.3 is 0 Å². The number of amides is 1. The molecule has 0 fully saturated rings. The zero-order chi connectivity index (χ0) is 16.7. The second-order valence-corrected chi connectivity index (χ2v) is 5.43. The van der Waals surface area contributed by atoms with Crippen molar-refractivity contribution in [2.75, 3.05) is 11.9 Å². The minimum Gasteiger partial charge on any atom is -0.366 e. The molecule has 7 heteroatoms. The van der Waals surface area contributed by atoms with Crippen molar-refractivity contribution < 1.29 is 4.79 Å². The Morgan fingerprint density at radius 1 is 1.12 bits per heavy atom. The minimum atomic E-state index is -0.470. The highest BCUT2D eigenvalue weighted by Gasteiger charge is 2.15. The summed E-state index contributed by atoms with van der Waals surface area (Å²) in [6, 6.07) is 15.1. The lowest BCUT2D eigenvalue weighted by Gasteiger charge is -2.17. The Balaban J connectivity index is 1.95. The Morgan fingerprint density at radius 3 is 2.67 bits per heavy atom. The third-order valence-electron chi connectivity index (χ3n) is 3.94. The first kappa shape index (κ1) is 14.1. The van der Waals surface area contributed by atoms with Gasteiger partial charge in [0.15, 0.2) is 0 Å². The van der Waals surface area contributed by atoms with Gasteiger partial charge in [0.25, 0.3) is 5.78 Å². The van der Waals surface area contributed by atoms with E-state index in [2.05, 4.69) is 15.2 Å². The summed E-state index contributed by atoms with van der Waals surface area (Å²) in [6.07, 6.45) is 1.66. The molecule has 2 heterocycles. The van der Waals surface area contributed by atoms with Crippen LogP contribution < -0.4 is 10.6 Å². The van der Waals surface area contributed by atoms with Crippen molar-refractivity contribution in [1.29, 1.82) is 0 Å². The molecule has 2 aromatic carbocycles. The first-order valence-corrected chi connectivity index (χ1v) is 7.37. The van der Waals surface area contributed by atoms with Gasteiger partial charge in [0.05, 0.1) is 5.52 Å². The molecule has 0 saturated heterocycles. The third kappa shape index (κ3) is 2.14. The van der Waals surface area contributed by atoms with E-state index in [1.165, 1.54) is 0 Å². The van der Waals surface area contributed by atoms with E-state index in [4.69, 9.17) is 5.73 Å². The topological polar surface area (TPSA) is 89.4 Å². The molecule has 0 aliphatic heterocycles. The Morgan fingerprint density at radius 2 is 1.92 bits per heavy atom. The molecule has 0 bridgehead atoms. The van der Waals surface area contributed by atoms with Crippen LogP contribution in [0.3, 0.4) is 0 Å². The van der Waals surface area contributed by atoms with E-state index in [0.717, 1.165) is 16.6 Å². The number of anilines is 2. The molecule has 0 radical (unpaired) electrons. The van der Waals surface area contributed by atoms with Crippen molar-refractivity contribution in [1.82, 2.24) is 19.6 Å². The summed E-state index contributed by atoms with van der Waals surface area (Å²) < 4.78 is 1.85. The van der Waals surface area contributed by atoms with Crippen molar-refractivity contribution in [2.45, 2.75) is 0 Å². The highest BCUT2D eigenvalue weighted by atomic mass is 16.1. The first-order valence-electron chi connectivity index (χ1n) is 7.37. The maximum absolute atomic E-state index is 11.4. The molecule has 0 aliphatic rings. The molecule has 0 atom stereocenters. The number of hydrogen-bond donors (Lipinski definition) is 1. The lowest BCUT2D eigenvalue weighted by molar-refractivity contribution is 0.100. The molecule has 2 aromatic heterocycles. The average Bonchev–Trinajstić information content (AvgIpc) is 3.05. The molecule has 1 amide bonds. The van der Waals surface area contributed by atoms with Crippen LogP contribution in [0, 0.1) is 0 Å². The number of carbonyl (C=O) groups is 1. The molecule has 118 valence electrons. The molecule has 0 spiro atoms. The number of rotatable bonds is 3. The minimum absolute atomic E-state index is 0.440. The Kier molecular flexibility index (Phi) is 3.13. The van der Waals surface area contributed by atoms with Crippen LogP contribution in [0.2, 0.25) is 0 Å². The predicted molar refractivity (Wildman–Crippen MR) is 91.3 cm³/mol. The van der Waals surface area contributed by atoms with Gasteiger partial charge in [-0.25, -0.2) is 9.38 Å². The summed E-state index contributed by atoms with van der Waals surface area (Å²) in [5, 5.41) is 9.20. The van der Waals surface area contributed by atoms with Crippen molar-refractivity contribution >= 4 is 34.2 Å². The Hall–Kier alpha value is -3.48. The van der Waals surface area contributed by atoms with E-state index in [-0.39, 0.29) is 0 Å². The fourth-order valence-electron chi connectivity index (χ4n) is 2.69. The number of nitrogens with two attached hydrogens (primary N) is 1. The van der Waals surface area contributed by atoms with Crippen molar-refractivity contribution in [3.63, 3.8) is 0 Å². The van der Waals surface area contributed by atoms with Gasteiger partial charge in [0.2, 0.25) is 11.9 Å². The van der Waals surface area contributed by atoms with E-state index in [1.807, 2.05) is 52.7 Å². The first-order chi connectivity index (χ1) is 11.6. The summed E-state index contributed by atoms with van der Waals surface area (Å²) in [5.74, 6) is 0.663. The largest absolute Gasteiger partial charge is 0.366 e. The molecule has 0 aliphatic carbocycles. The van der Waals surface area contributed by atoms with E-state index in [0.29, 0.717) is 17.3 Å². The summed E-state index contributed by atoms with van der Waals surface area (Å²) in [7, 11) is 1.92. The van der Waals surface area contributed by atoms with Gasteiger partial charge in [-0.1, -0.05) is 18.2 Å². The van der Waals surface area contributed by atoms with Crippen molar-refractivity contribution in [3.05, 3.63) is 60.3 Å². The van der Waals surface area contributed by atoms with Gasteiger partial charge in [-0.05, 0) is 30.3 Å². The van der Waals surface area contributed by atoms with Gasteiger partial charge in [0.1, 0.15) is 0 Å². The number of carbonyl (C=O) groups excluding carboxylic acids is 1. The van der Waals surface area contributed by atoms with Crippen LogP contribution in [0.5, 0.6) is 0 Å². The quantitative estimate of drug-likeness (QED) is 0.625. The highest BCUT2D eigenvalue weighted by molar-refractivity contribution is 5.97. The fourth-order valence-corrected chi connectivity index (χ4v) is 2.69. The normalized spacial score (nSPS) is 11.0. The zero-order valence-electron chi connectivity index (χ0n) is 12.9. The second kappa shape index (κ2) is 5.31. The molecular weight excluding hydrogens is 304 g/mol. The van der Waals surface area contributed by atoms with Crippen LogP contribution in [0.15, 0.2) is 54.7 Å². The highest BCUT2D eigenvalue weighted by Crippen LogP contribution is 2.25. The van der Waals surface area contributed by atoms with Crippen LogP contribution in [-0.2, 0) is 0 Å². The number of aromatic nitrogens is 4. The van der Waals surface area contributed by atoms with Gasteiger partial charge in [-0.2, -0.15) is 0 Å². The summed E-state index contributed by atoms with van der Waals surface area (Å²) in [4.78, 5) is 17.6. The number of benzene rings is 2. The number of primary amides is 1. The Bertz CT molecular complexity index is 1060. The number of hydrogen-bond acceptors (Lipinski definition) is 5. The standard InChI is InChI=1S/C17H14N6O/c1-22(13-5-3-2-4-6-13)17-21-20-16-19-10-12-9-11(15(18)24)7-8-14(12)23(16)17/h2-10H,1H3,(H2,18,24). The lowest BCUT2D eigenvalue weighted by Crippen LogP contribution is -2.14. The Labute approximate surface area is 137 Å². The monoisotopic (exact) mass is 318 g/mol. The van der Waals surface area contributed by atoms with Gasteiger partial charge < -0.3 is 10.6 Å². The number of nitrogens with zero attached hydrogens (tertiary/aromatic N) is 5. The molecule has 4 rings (SSSR count). The molecule has 2 N–H and O–H groups in total. The van der Waals surface area contributed by atoms with Crippen LogP contribution in [0.1, 0.15) is 10.4 Å². The number of para-hydroxylation sites is 1. The van der Waals surface area contributed by atoms with E-state index >= 15 is 0 Å². The van der Waals surface area contributed by atoms with Crippen LogP contribution in [-0.4, -0.2) is 32.5 Å². The fraction of sp³-hybridized carbons (Fsp3) is 0.0588. The smallest absolute Gasteiger partial charge is 0.256 e. The van der Waals surface area contributed by atoms with Crippen molar-refractivity contribution in [3.8, 4) is 0 Å². The van der Waals surface area contributed by atoms with Gasteiger partial charge in [-0.15, -0.1) is 10.2 Å². The van der Waals surface area contributed by atoms with Crippen LogP contribution >= 0.6 is 0 Å². The predicted octanol–water partition coefficient (Wildman–Crippen LogP) is 2.14. The molecular formula is C17H14N6O. The molecule has 0 unspecified atom stereocenters. The molecule has 0 saturated carbocycles. The molecule has 4 aromatic rings. The summed E-state index contributed by atoms with van der Waals surface area (Å²) >= 11 is 0. The van der Waals surface area contributed by atoms with E-state index in [9.17, 15) is 4.79 Å². The van der Waals surface area contributed by atoms with Gasteiger partial charge in [0, 0.05) is 29.9 Å². The third-order valence-corrected chi connectivity index (χ3v) is 3.94. The summed E-state index contributed by atoms with van der Waals surface area (Å²) in [5.41, 5.74) is 7.63. The van der Waals surface area contributed by atoms with E-state index in [1.54, 1.807) is 18.3 Å². The summed E-state index contributed by atoms with van der Waals surface area (Å²) in [6.45, 7) is 0. The van der Waals surface area contributed by atoms with Gasteiger partial charge in [-0.3, -0.25) is 4.79 Å². The lowest BCUT2D eigenvalue weighted by atomic mass is 10.1. The van der Waals surface area contributed by atoms with E-state index < -0.39 is 5.91 Å². The zero-order valence-corrected chi connectivity index (χ0v) is 12.9. The van der Waals surface area contributed by atoms with Crippen LogP contribution in [0.25, 0.3) is 16.7 Å². The van der Waals surface area contributed by atoms with Crippen LogP contribution in [0.4, 0.5) is 11.6 Å². The maximum atomic E-state index is 11.4. The SMILES string of the molecule is CN(c1ccccc1)c1nnc2ncc3cc(C(N)=O)ccc3n12. The molecule has 24 heavy (non-hydrogen) atoms. The van der Waals surface area contributed by atoms with Crippen molar-refractivity contribution in [2.24, 2.45) is 5.73 Å². The second-order valence-electron chi connectivity index (χ2n) is 5.43. The molecule has 7 nitrogen and oxygen atoms in total. The maximum Gasteiger partial charge on any atom is 0.256 e.